The van der Waals surface area contributed by atoms with Crippen molar-refractivity contribution in [2.45, 2.75) is 49.8 Å². The first-order valence-electron chi connectivity index (χ1n) is 9.60. The Bertz CT molecular complexity index is 889. The van der Waals surface area contributed by atoms with Crippen molar-refractivity contribution in [3.63, 3.8) is 0 Å². The van der Waals surface area contributed by atoms with Crippen LogP contribution in [0.4, 0.5) is 0 Å². The number of sulfonamides is 1. The van der Waals surface area contributed by atoms with Crippen LogP contribution in [0.25, 0.3) is 0 Å². The fourth-order valence-electron chi connectivity index (χ4n) is 3.86. The minimum absolute atomic E-state index is 0.0454. The third-order valence-electron chi connectivity index (χ3n) is 5.35. The van der Waals surface area contributed by atoms with Crippen molar-refractivity contribution >= 4 is 21.8 Å². The van der Waals surface area contributed by atoms with Crippen LogP contribution in [0.1, 0.15) is 37.0 Å². The lowest BCUT2D eigenvalue weighted by molar-refractivity contribution is -0.127. The molecule has 4 rings (SSSR count). The smallest absolute Gasteiger partial charge is 0.255 e. The maximum absolute atomic E-state index is 13.1. The first-order chi connectivity index (χ1) is 13.3. The zero-order valence-corrected chi connectivity index (χ0v) is 16.9. The molecule has 28 heavy (non-hydrogen) atoms. The second-order valence-electron chi connectivity index (χ2n) is 7.85. The van der Waals surface area contributed by atoms with Crippen LogP contribution in [0.2, 0.25) is 0 Å². The van der Waals surface area contributed by atoms with Crippen LogP contribution in [0.3, 0.4) is 0 Å². The van der Waals surface area contributed by atoms with Gasteiger partial charge in [-0.2, -0.15) is 4.31 Å². The van der Waals surface area contributed by atoms with Gasteiger partial charge in [0.1, 0.15) is 6.54 Å². The molecule has 1 saturated carbocycles. The maximum Gasteiger partial charge on any atom is 0.255 e. The lowest BCUT2D eigenvalue weighted by atomic mass is 10.2. The van der Waals surface area contributed by atoms with E-state index in [1.54, 1.807) is 17.0 Å². The monoisotopic (exact) mass is 407 g/mol. The van der Waals surface area contributed by atoms with Gasteiger partial charge in [0.15, 0.2) is 0 Å². The molecule has 0 spiro atoms. The van der Waals surface area contributed by atoms with E-state index in [4.69, 9.17) is 4.74 Å². The van der Waals surface area contributed by atoms with Crippen molar-refractivity contribution in [2.24, 2.45) is 0 Å². The fourth-order valence-corrected chi connectivity index (χ4v) is 5.49. The summed E-state index contributed by atoms with van der Waals surface area (Å²) in [5, 5.41) is 0. The largest absolute Gasteiger partial charge is 0.373 e. The molecule has 3 fully saturated rings. The Morgan fingerprint density at radius 2 is 1.82 bits per heavy atom. The minimum atomic E-state index is -3.73. The summed E-state index contributed by atoms with van der Waals surface area (Å²) in [5.74, 6) is -0.367. The molecule has 1 aliphatic carbocycles. The molecule has 2 aliphatic heterocycles. The van der Waals surface area contributed by atoms with Gasteiger partial charge < -0.3 is 14.5 Å². The highest BCUT2D eigenvalue weighted by molar-refractivity contribution is 7.89. The van der Waals surface area contributed by atoms with Crippen molar-refractivity contribution in [3.05, 3.63) is 29.8 Å². The number of carbonyl (C=O) groups is 2. The fraction of sp³-hybridized carbons (Fsp3) is 0.579. The maximum atomic E-state index is 13.1. The summed E-state index contributed by atoms with van der Waals surface area (Å²) in [5.41, 5.74) is 0.279. The van der Waals surface area contributed by atoms with E-state index in [2.05, 4.69) is 0 Å². The number of benzene rings is 1. The van der Waals surface area contributed by atoms with Gasteiger partial charge >= 0.3 is 0 Å². The van der Waals surface area contributed by atoms with E-state index in [9.17, 15) is 18.0 Å². The van der Waals surface area contributed by atoms with Crippen molar-refractivity contribution in [2.75, 3.05) is 26.3 Å². The molecule has 0 aromatic heterocycles. The van der Waals surface area contributed by atoms with E-state index in [0.29, 0.717) is 0 Å². The standard InChI is InChI=1S/C19H25N3O5S/c1-13-9-21(10-14(2)27-13)28(25,26)17-5-3-4-15(8-17)19(24)20-11-18(23)22(12-20)16-6-7-16/h3-5,8,13-14,16H,6-7,9-12H2,1-2H3/t13-,14+. The van der Waals surface area contributed by atoms with E-state index in [1.165, 1.54) is 21.3 Å². The number of ether oxygens (including phenoxy) is 1. The molecule has 1 aromatic carbocycles. The Hall–Kier alpha value is -1.97. The number of rotatable bonds is 4. The van der Waals surface area contributed by atoms with Crippen LogP contribution in [0.15, 0.2) is 29.2 Å². The van der Waals surface area contributed by atoms with Gasteiger partial charge in [-0.05, 0) is 44.9 Å². The van der Waals surface area contributed by atoms with Crippen molar-refractivity contribution in [3.8, 4) is 0 Å². The average Bonchev–Trinajstić information content (AvgIpc) is 3.42. The number of morpholine rings is 1. The third-order valence-corrected chi connectivity index (χ3v) is 7.18. The van der Waals surface area contributed by atoms with Crippen LogP contribution in [0.5, 0.6) is 0 Å². The van der Waals surface area contributed by atoms with Crippen molar-refractivity contribution < 1.29 is 22.7 Å². The first-order valence-corrected chi connectivity index (χ1v) is 11.0. The van der Waals surface area contributed by atoms with E-state index >= 15 is 0 Å². The first kappa shape index (κ1) is 19.4. The number of amides is 2. The summed E-state index contributed by atoms with van der Waals surface area (Å²) in [6.07, 6.45) is 1.59. The predicted octanol–water partition coefficient (Wildman–Crippen LogP) is 0.889. The van der Waals surface area contributed by atoms with E-state index in [0.717, 1.165) is 12.8 Å². The third kappa shape index (κ3) is 3.66. The molecule has 0 radical (unpaired) electrons. The Morgan fingerprint density at radius 3 is 2.46 bits per heavy atom. The van der Waals surface area contributed by atoms with Crippen LogP contribution in [0, 0.1) is 0 Å². The van der Waals surface area contributed by atoms with Gasteiger partial charge in [0.05, 0.1) is 23.8 Å². The highest BCUT2D eigenvalue weighted by Crippen LogP contribution is 2.30. The molecule has 0 N–H and O–H groups in total. The second-order valence-corrected chi connectivity index (χ2v) is 9.78. The molecule has 0 bridgehead atoms. The van der Waals surface area contributed by atoms with Crippen LogP contribution in [-0.4, -0.2) is 78.9 Å². The van der Waals surface area contributed by atoms with Gasteiger partial charge in [-0.25, -0.2) is 8.42 Å². The number of nitrogens with zero attached hydrogens (tertiary/aromatic N) is 3. The highest BCUT2D eigenvalue weighted by Gasteiger charge is 2.40. The molecule has 2 amide bonds. The summed E-state index contributed by atoms with van der Waals surface area (Å²) in [6, 6.07) is 6.33. The summed E-state index contributed by atoms with van der Waals surface area (Å²) < 4.78 is 33.1. The molecule has 9 heteroatoms. The normalized spacial score (nSPS) is 26.7. The molecule has 152 valence electrons. The number of carbonyl (C=O) groups excluding carboxylic acids is 2. The van der Waals surface area contributed by atoms with Gasteiger partial charge in [0.25, 0.3) is 5.91 Å². The van der Waals surface area contributed by atoms with E-state index < -0.39 is 10.0 Å². The van der Waals surface area contributed by atoms with Crippen LogP contribution >= 0.6 is 0 Å². The number of hydrogen-bond acceptors (Lipinski definition) is 5. The van der Waals surface area contributed by atoms with Gasteiger partial charge in [-0.3, -0.25) is 9.59 Å². The summed E-state index contributed by atoms with van der Waals surface area (Å²) in [4.78, 5) is 28.3. The van der Waals surface area contributed by atoms with Gasteiger partial charge in [-0.1, -0.05) is 6.07 Å². The van der Waals surface area contributed by atoms with Gasteiger partial charge in [0.2, 0.25) is 15.9 Å². The molecular formula is C19H25N3O5S. The quantitative estimate of drug-likeness (QED) is 0.740. The van der Waals surface area contributed by atoms with Gasteiger partial charge in [-0.15, -0.1) is 0 Å². The second kappa shape index (κ2) is 7.13. The molecule has 1 aromatic rings. The molecule has 8 nitrogen and oxygen atoms in total. The Labute approximate surface area is 165 Å². The average molecular weight is 407 g/mol. The van der Waals surface area contributed by atoms with Crippen molar-refractivity contribution in [1.82, 2.24) is 14.1 Å². The topological polar surface area (TPSA) is 87.2 Å². The SMILES string of the molecule is C[C@@H]1CN(S(=O)(=O)c2cccc(C(=O)N3CC(=O)N(C4CC4)C3)c2)C[C@H](C)O1. The minimum Gasteiger partial charge on any atom is -0.373 e. The zero-order chi connectivity index (χ0) is 20.1. The number of hydrogen-bond donors (Lipinski definition) is 0. The Kier molecular flexibility index (Phi) is 4.93. The highest BCUT2D eigenvalue weighted by atomic mass is 32.2. The lowest BCUT2D eigenvalue weighted by Crippen LogP contribution is -2.48. The van der Waals surface area contributed by atoms with Crippen LogP contribution < -0.4 is 0 Å². The van der Waals surface area contributed by atoms with Crippen molar-refractivity contribution in [1.29, 1.82) is 0 Å². The predicted molar refractivity (Wildman–Crippen MR) is 101 cm³/mol. The molecule has 2 saturated heterocycles. The summed E-state index contributed by atoms with van der Waals surface area (Å²) >= 11 is 0. The Morgan fingerprint density at radius 1 is 1.14 bits per heavy atom. The molecule has 3 aliphatic rings. The van der Waals surface area contributed by atoms with Gasteiger partial charge in [0, 0.05) is 24.7 Å². The molecule has 2 atom stereocenters. The molecule has 0 unspecified atom stereocenters. The molecular weight excluding hydrogens is 382 g/mol. The van der Waals surface area contributed by atoms with E-state index in [1.807, 2.05) is 13.8 Å². The van der Waals surface area contributed by atoms with E-state index in [-0.39, 0.29) is 66.8 Å². The zero-order valence-electron chi connectivity index (χ0n) is 16.1. The lowest BCUT2D eigenvalue weighted by Gasteiger charge is -2.34. The Balaban J connectivity index is 1.54. The van der Waals surface area contributed by atoms with Crippen LogP contribution in [-0.2, 0) is 19.6 Å². The molecule has 2 heterocycles. The summed E-state index contributed by atoms with van der Waals surface area (Å²) in [7, 11) is -3.73. The summed E-state index contributed by atoms with van der Waals surface area (Å²) in [6.45, 7) is 4.56.